The van der Waals surface area contributed by atoms with E-state index < -0.39 is 0 Å². The van der Waals surface area contributed by atoms with E-state index in [4.69, 9.17) is 5.73 Å². The van der Waals surface area contributed by atoms with Crippen LogP contribution in [-0.4, -0.2) is 6.54 Å². The Kier molecular flexibility index (Phi) is 2.07. The third-order valence-corrected chi connectivity index (χ3v) is 2.48. The number of hydrogen-bond acceptors (Lipinski definition) is 2. The minimum Gasteiger partial charge on any atom is -0.385 e. The molecule has 0 saturated heterocycles. The molecule has 0 saturated carbocycles. The average Bonchev–Trinajstić information content (AvgIpc) is 2.18. The van der Waals surface area contributed by atoms with Crippen molar-refractivity contribution < 1.29 is 0 Å². The topological polar surface area (TPSA) is 38.0 Å². The summed E-state index contributed by atoms with van der Waals surface area (Å²) in [6.07, 6.45) is 2.86. The van der Waals surface area contributed by atoms with E-state index in [0.29, 0.717) is 0 Å². The van der Waals surface area contributed by atoms with Crippen molar-refractivity contribution in [2.45, 2.75) is 12.5 Å². The molecule has 2 nitrogen and oxygen atoms in total. The van der Waals surface area contributed by atoms with Gasteiger partial charge in [0.2, 0.25) is 0 Å². The van der Waals surface area contributed by atoms with Gasteiger partial charge in [-0.3, -0.25) is 0 Å². The summed E-state index contributed by atoms with van der Waals surface area (Å²) in [7, 11) is 0. The number of rotatable bonds is 1. The molecule has 0 aromatic heterocycles. The summed E-state index contributed by atoms with van der Waals surface area (Å²) < 4.78 is 0. The van der Waals surface area contributed by atoms with Crippen LogP contribution in [-0.2, 0) is 0 Å². The van der Waals surface area contributed by atoms with Crippen molar-refractivity contribution in [3.8, 4) is 0 Å². The zero-order valence-corrected chi connectivity index (χ0v) is 7.59. The lowest BCUT2D eigenvalue weighted by Gasteiger charge is -2.23. The van der Waals surface area contributed by atoms with Gasteiger partial charge in [-0.15, -0.1) is 0 Å². The normalized spacial score (nSPS) is 20.2. The minimum atomic E-state index is 0.177. The van der Waals surface area contributed by atoms with Crippen molar-refractivity contribution in [1.29, 1.82) is 0 Å². The molecule has 13 heavy (non-hydrogen) atoms. The Balaban J connectivity index is 2.46. The van der Waals surface area contributed by atoms with Crippen LogP contribution in [0.2, 0.25) is 0 Å². The van der Waals surface area contributed by atoms with Crippen molar-refractivity contribution in [3.05, 3.63) is 35.9 Å². The van der Waals surface area contributed by atoms with Crippen LogP contribution in [0.15, 0.2) is 24.8 Å². The quantitative estimate of drug-likeness (QED) is 0.684. The van der Waals surface area contributed by atoms with E-state index in [2.05, 4.69) is 30.1 Å². The van der Waals surface area contributed by atoms with Crippen molar-refractivity contribution in [3.63, 3.8) is 0 Å². The summed E-state index contributed by atoms with van der Waals surface area (Å²) in [5.41, 5.74) is 9.51. The van der Waals surface area contributed by atoms with Crippen LogP contribution in [0.3, 0.4) is 0 Å². The lowest BCUT2D eigenvalue weighted by atomic mass is 9.97. The molecule has 0 fully saturated rings. The van der Waals surface area contributed by atoms with Crippen LogP contribution < -0.4 is 11.1 Å². The monoisotopic (exact) mass is 174 g/mol. The first-order valence-electron chi connectivity index (χ1n) is 4.57. The second-order valence-electron chi connectivity index (χ2n) is 3.37. The Morgan fingerprint density at radius 2 is 2.38 bits per heavy atom. The Labute approximate surface area is 78.5 Å². The molecule has 1 atom stereocenters. The highest BCUT2D eigenvalue weighted by Gasteiger charge is 2.15. The SMILES string of the molecule is C=Cc1ccc2c(c1)[C@@H](N)CCN2. The fourth-order valence-corrected chi connectivity index (χ4v) is 1.69. The molecule has 3 N–H and O–H groups in total. The highest BCUT2D eigenvalue weighted by atomic mass is 14.9. The third-order valence-electron chi connectivity index (χ3n) is 2.48. The number of benzene rings is 1. The van der Waals surface area contributed by atoms with Gasteiger partial charge in [-0.1, -0.05) is 18.7 Å². The van der Waals surface area contributed by atoms with E-state index >= 15 is 0 Å². The van der Waals surface area contributed by atoms with E-state index in [1.165, 1.54) is 11.3 Å². The summed E-state index contributed by atoms with van der Waals surface area (Å²) in [4.78, 5) is 0. The van der Waals surface area contributed by atoms with Gasteiger partial charge in [0.05, 0.1) is 0 Å². The van der Waals surface area contributed by atoms with Gasteiger partial charge in [-0.2, -0.15) is 0 Å². The molecule has 1 aliphatic rings. The first-order valence-corrected chi connectivity index (χ1v) is 4.57. The molecule has 1 aromatic rings. The van der Waals surface area contributed by atoms with Gasteiger partial charge in [0, 0.05) is 18.3 Å². The molecule has 1 aromatic carbocycles. The Morgan fingerprint density at radius 3 is 3.15 bits per heavy atom. The number of hydrogen-bond donors (Lipinski definition) is 2. The molecular weight excluding hydrogens is 160 g/mol. The van der Waals surface area contributed by atoms with Gasteiger partial charge in [0.1, 0.15) is 0 Å². The zero-order chi connectivity index (χ0) is 9.26. The highest BCUT2D eigenvalue weighted by molar-refractivity contribution is 5.60. The van der Waals surface area contributed by atoms with E-state index in [-0.39, 0.29) is 6.04 Å². The number of fused-ring (bicyclic) bond motifs is 1. The molecule has 2 heteroatoms. The summed E-state index contributed by atoms with van der Waals surface area (Å²) >= 11 is 0. The second kappa shape index (κ2) is 3.23. The number of anilines is 1. The fourth-order valence-electron chi connectivity index (χ4n) is 1.69. The molecule has 0 bridgehead atoms. The fraction of sp³-hybridized carbons (Fsp3) is 0.273. The van der Waals surface area contributed by atoms with Crippen molar-refractivity contribution >= 4 is 11.8 Å². The molecule has 0 aliphatic carbocycles. The maximum Gasteiger partial charge on any atom is 0.0389 e. The van der Waals surface area contributed by atoms with E-state index in [0.717, 1.165) is 18.5 Å². The van der Waals surface area contributed by atoms with Crippen LogP contribution in [0.4, 0.5) is 5.69 Å². The van der Waals surface area contributed by atoms with E-state index in [1.807, 2.05) is 6.08 Å². The molecular formula is C11H14N2. The standard InChI is InChI=1S/C11H14N2/c1-2-8-3-4-11-9(7-8)10(12)5-6-13-11/h2-4,7,10,13H,1,5-6,12H2/t10-/m0/s1. The maximum absolute atomic E-state index is 6.00. The summed E-state index contributed by atoms with van der Waals surface area (Å²) in [5, 5.41) is 3.33. The van der Waals surface area contributed by atoms with Crippen molar-refractivity contribution in [1.82, 2.24) is 0 Å². The summed E-state index contributed by atoms with van der Waals surface area (Å²) in [6.45, 7) is 4.72. The van der Waals surface area contributed by atoms with Gasteiger partial charge in [0.15, 0.2) is 0 Å². The predicted octanol–water partition coefficient (Wildman–Crippen LogP) is 2.15. The first kappa shape index (κ1) is 8.32. The second-order valence-corrected chi connectivity index (χ2v) is 3.37. The Morgan fingerprint density at radius 1 is 1.54 bits per heavy atom. The molecule has 0 radical (unpaired) electrons. The van der Waals surface area contributed by atoms with Crippen molar-refractivity contribution in [2.24, 2.45) is 5.73 Å². The van der Waals surface area contributed by atoms with Gasteiger partial charge in [0.25, 0.3) is 0 Å². The van der Waals surface area contributed by atoms with Crippen LogP contribution in [0.25, 0.3) is 6.08 Å². The lowest BCUT2D eigenvalue weighted by Crippen LogP contribution is -2.22. The summed E-state index contributed by atoms with van der Waals surface area (Å²) in [6, 6.07) is 6.41. The van der Waals surface area contributed by atoms with Gasteiger partial charge < -0.3 is 11.1 Å². The minimum absolute atomic E-state index is 0.177. The van der Waals surface area contributed by atoms with E-state index in [9.17, 15) is 0 Å². The lowest BCUT2D eigenvalue weighted by molar-refractivity contribution is 0.655. The van der Waals surface area contributed by atoms with Gasteiger partial charge >= 0.3 is 0 Å². The maximum atomic E-state index is 6.00. The predicted molar refractivity (Wildman–Crippen MR) is 56.6 cm³/mol. The smallest absolute Gasteiger partial charge is 0.0389 e. The first-order chi connectivity index (χ1) is 6.31. The molecule has 2 rings (SSSR count). The molecule has 0 spiro atoms. The van der Waals surface area contributed by atoms with Gasteiger partial charge in [-0.05, 0) is 29.7 Å². The Bertz CT molecular complexity index is 331. The third kappa shape index (κ3) is 1.45. The molecule has 0 unspecified atom stereocenters. The molecule has 68 valence electrons. The van der Waals surface area contributed by atoms with E-state index in [1.54, 1.807) is 0 Å². The molecule has 1 heterocycles. The Hall–Kier alpha value is -1.28. The van der Waals surface area contributed by atoms with Crippen molar-refractivity contribution in [2.75, 3.05) is 11.9 Å². The van der Waals surface area contributed by atoms with Crippen LogP contribution in [0.1, 0.15) is 23.6 Å². The van der Waals surface area contributed by atoms with Crippen LogP contribution >= 0.6 is 0 Å². The number of nitrogens with one attached hydrogen (secondary N) is 1. The summed E-state index contributed by atoms with van der Waals surface area (Å²) in [5.74, 6) is 0. The van der Waals surface area contributed by atoms with Gasteiger partial charge in [-0.25, -0.2) is 0 Å². The highest BCUT2D eigenvalue weighted by Crippen LogP contribution is 2.28. The van der Waals surface area contributed by atoms with Crippen LogP contribution in [0, 0.1) is 0 Å². The largest absolute Gasteiger partial charge is 0.385 e. The number of nitrogens with two attached hydrogens (primary N) is 1. The van der Waals surface area contributed by atoms with Crippen LogP contribution in [0.5, 0.6) is 0 Å². The zero-order valence-electron chi connectivity index (χ0n) is 7.59. The molecule has 1 aliphatic heterocycles. The average molecular weight is 174 g/mol. The molecule has 0 amide bonds.